The lowest BCUT2D eigenvalue weighted by Crippen LogP contribution is -2.24. The van der Waals surface area contributed by atoms with E-state index in [2.05, 4.69) is 34.4 Å². The molecule has 5 nitrogen and oxygen atoms in total. The molecule has 0 fully saturated rings. The van der Waals surface area contributed by atoms with Crippen LogP contribution in [0.2, 0.25) is 0 Å². The summed E-state index contributed by atoms with van der Waals surface area (Å²) in [7, 11) is 0. The Morgan fingerprint density at radius 1 is 1.37 bits per heavy atom. The number of para-hydroxylation sites is 2. The molecule has 0 aliphatic heterocycles. The van der Waals surface area contributed by atoms with Crippen molar-refractivity contribution in [1.29, 1.82) is 0 Å². The molecule has 1 heterocycles. The van der Waals surface area contributed by atoms with Crippen LogP contribution < -0.4 is 10.6 Å². The van der Waals surface area contributed by atoms with Gasteiger partial charge in [0.1, 0.15) is 0 Å². The molecule has 5 heteroatoms. The van der Waals surface area contributed by atoms with E-state index in [1.54, 1.807) is 0 Å². The highest BCUT2D eigenvalue weighted by Crippen LogP contribution is 2.13. The predicted octanol–water partition coefficient (Wildman–Crippen LogP) is 2.28. The van der Waals surface area contributed by atoms with E-state index < -0.39 is 0 Å². The number of fused-ring (bicyclic) bond motifs is 1. The molecule has 0 saturated heterocycles. The van der Waals surface area contributed by atoms with Gasteiger partial charge in [-0.25, -0.2) is 4.98 Å². The first-order valence-corrected chi connectivity index (χ1v) is 6.63. The van der Waals surface area contributed by atoms with Crippen LogP contribution in [0, 0.1) is 0 Å². The Bertz CT molecular complexity index is 514. The van der Waals surface area contributed by atoms with Gasteiger partial charge >= 0.3 is 0 Å². The predicted molar refractivity (Wildman–Crippen MR) is 77.1 cm³/mol. The lowest BCUT2D eigenvalue weighted by atomic mass is 10.3. The molecule has 19 heavy (non-hydrogen) atoms. The number of carbonyl (C=O) groups is 1. The molecule has 102 valence electrons. The maximum absolute atomic E-state index is 11.7. The third kappa shape index (κ3) is 4.06. The maximum atomic E-state index is 11.7. The van der Waals surface area contributed by atoms with Gasteiger partial charge in [0.15, 0.2) is 0 Å². The Labute approximate surface area is 112 Å². The molecule has 0 aliphatic carbocycles. The molecule has 0 radical (unpaired) electrons. The zero-order valence-electron chi connectivity index (χ0n) is 11.4. The minimum absolute atomic E-state index is 0.00962. The number of hydrogen-bond acceptors (Lipinski definition) is 3. The highest BCUT2D eigenvalue weighted by Gasteiger charge is 2.06. The van der Waals surface area contributed by atoms with Gasteiger partial charge in [-0.3, -0.25) is 10.1 Å². The third-order valence-electron chi connectivity index (χ3n) is 2.78. The summed E-state index contributed by atoms with van der Waals surface area (Å²) < 4.78 is 0. The number of hydrogen-bond donors (Lipinski definition) is 3. The van der Waals surface area contributed by atoms with Crippen LogP contribution in [0.25, 0.3) is 11.0 Å². The molecule has 1 aromatic carbocycles. The first kappa shape index (κ1) is 13.5. The summed E-state index contributed by atoms with van der Waals surface area (Å²) in [5, 5.41) is 6.07. The number of rotatable bonds is 6. The largest absolute Gasteiger partial charge is 0.324 e. The minimum Gasteiger partial charge on any atom is -0.324 e. The molecule has 0 aliphatic rings. The second kappa shape index (κ2) is 6.33. The summed E-state index contributed by atoms with van der Waals surface area (Å²) in [6.07, 6.45) is 1.32. The fourth-order valence-electron chi connectivity index (χ4n) is 1.85. The van der Waals surface area contributed by atoms with Crippen LogP contribution in [0.15, 0.2) is 24.3 Å². The van der Waals surface area contributed by atoms with E-state index in [9.17, 15) is 4.79 Å². The van der Waals surface area contributed by atoms with Gasteiger partial charge in [0, 0.05) is 12.5 Å². The summed E-state index contributed by atoms with van der Waals surface area (Å²) in [6.45, 7) is 5.04. The molecule has 0 bridgehead atoms. The van der Waals surface area contributed by atoms with Crippen LogP contribution in [0.1, 0.15) is 26.7 Å². The number of aromatic amines is 1. The van der Waals surface area contributed by atoms with Crippen LogP contribution in [-0.2, 0) is 4.79 Å². The topological polar surface area (TPSA) is 69.8 Å². The van der Waals surface area contributed by atoms with Crippen molar-refractivity contribution in [3.05, 3.63) is 24.3 Å². The highest BCUT2D eigenvalue weighted by molar-refractivity contribution is 5.90. The van der Waals surface area contributed by atoms with Gasteiger partial charge in [-0.2, -0.15) is 0 Å². The number of benzene rings is 1. The van der Waals surface area contributed by atoms with Crippen LogP contribution in [0.3, 0.4) is 0 Å². The molecule has 1 aromatic heterocycles. The maximum Gasteiger partial charge on any atom is 0.226 e. The number of amides is 1. The van der Waals surface area contributed by atoms with E-state index in [1.165, 1.54) is 0 Å². The van der Waals surface area contributed by atoms with Crippen molar-refractivity contribution < 1.29 is 4.79 Å². The molecule has 0 atom stereocenters. The van der Waals surface area contributed by atoms with Crippen LogP contribution >= 0.6 is 0 Å². The number of nitrogens with one attached hydrogen (secondary N) is 3. The zero-order chi connectivity index (χ0) is 13.7. The Hall–Kier alpha value is -1.88. The van der Waals surface area contributed by atoms with Crippen LogP contribution in [0.5, 0.6) is 0 Å². The second-order valence-corrected chi connectivity index (χ2v) is 4.86. The summed E-state index contributed by atoms with van der Waals surface area (Å²) in [5.74, 6) is 0.507. The molecule has 0 spiro atoms. The van der Waals surface area contributed by atoms with Gasteiger partial charge in [0.05, 0.1) is 11.0 Å². The monoisotopic (exact) mass is 260 g/mol. The van der Waals surface area contributed by atoms with E-state index in [0.717, 1.165) is 24.0 Å². The quantitative estimate of drug-likeness (QED) is 0.698. The lowest BCUT2D eigenvalue weighted by molar-refractivity contribution is -0.116. The molecule has 0 saturated carbocycles. The van der Waals surface area contributed by atoms with Gasteiger partial charge in [-0.15, -0.1) is 0 Å². The molecular weight excluding hydrogens is 240 g/mol. The SMILES string of the molecule is CC(C)NCCCC(=O)Nc1nc2ccccc2[nH]1. The van der Waals surface area contributed by atoms with Gasteiger partial charge in [0.2, 0.25) is 11.9 Å². The van der Waals surface area contributed by atoms with Gasteiger partial charge < -0.3 is 10.3 Å². The highest BCUT2D eigenvalue weighted by atomic mass is 16.1. The van der Waals surface area contributed by atoms with Gasteiger partial charge in [-0.1, -0.05) is 26.0 Å². The van der Waals surface area contributed by atoms with Crippen molar-refractivity contribution >= 4 is 22.9 Å². The molecule has 2 aromatic rings. The molecule has 2 rings (SSSR count). The number of carbonyl (C=O) groups excluding carboxylic acids is 1. The standard InChI is InChI=1S/C14H20N4O/c1-10(2)15-9-5-8-13(19)18-14-16-11-6-3-4-7-12(11)17-14/h3-4,6-7,10,15H,5,8-9H2,1-2H3,(H2,16,17,18,19). The first-order valence-electron chi connectivity index (χ1n) is 6.63. The summed E-state index contributed by atoms with van der Waals surface area (Å²) >= 11 is 0. The lowest BCUT2D eigenvalue weighted by Gasteiger charge is -2.07. The van der Waals surface area contributed by atoms with Gasteiger partial charge in [-0.05, 0) is 25.1 Å². The number of aromatic nitrogens is 2. The normalized spacial score (nSPS) is 11.1. The average Bonchev–Trinajstić information content (AvgIpc) is 2.76. The second-order valence-electron chi connectivity index (χ2n) is 4.86. The van der Waals surface area contributed by atoms with Crippen LogP contribution in [0.4, 0.5) is 5.95 Å². The van der Waals surface area contributed by atoms with Crippen molar-refractivity contribution in [2.45, 2.75) is 32.7 Å². The first-order chi connectivity index (χ1) is 9.15. The Balaban J connectivity index is 1.81. The van der Waals surface area contributed by atoms with Crippen molar-refractivity contribution in [2.75, 3.05) is 11.9 Å². The Kier molecular flexibility index (Phi) is 4.52. The third-order valence-corrected chi connectivity index (χ3v) is 2.78. The van der Waals surface area contributed by atoms with Crippen molar-refractivity contribution in [3.8, 4) is 0 Å². The van der Waals surface area contributed by atoms with Crippen molar-refractivity contribution in [2.24, 2.45) is 0 Å². The molecular formula is C14H20N4O. The fraction of sp³-hybridized carbons (Fsp3) is 0.429. The zero-order valence-corrected chi connectivity index (χ0v) is 11.4. The molecule has 1 amide bonds. The summed E-state index contributed by atoms with van der Waals surface area (Å²) in [6, 6.07) is 8.16. The van der Waals surface area contributed by atoms with Crippen molar-refractivity contribution in [3.63, 3.8) is 0 Å². The summed E-state index contributed by atoms with van der Waals surface area (Å²) in [5.41, 5.74) is 1.79. The Morgan fingerprint density at radius 3 is 2.89 bits per heavy atom. The Morgan fingerprint density at radius 2 is 2.16 bits per heavy atom. The molecule has 3 N–H and O–H groups in total. The van der Waals surface area contributed by atoms with E-state index >= 15 is 0 Å². The fourth-order valence-corrected chi connectivity index (χ4v) is 1.85. The minimum atomic E-state index is -0.00962. The van der Waals surface area contributed by atoms with E-state index in [4.69, 9.17) is 0 Å². The molecule has 0 unspecified atom stereocenters. The van der Waals surface area contributed by atoms with Gasteiger partial charge in [0.25, 0.3) is 0 Å². The van der Waals surface area contributed by atoms with E-state index in [0.29, 0.717) is 18.4 Å². The van der Waals surface area contributed by atoms with E-state index in [-0.39, 0.29) is 5.91 Å². The smallest absolute Gasteiger partial charge is 0.226 e. The number of anilines is 1. The summed E-state index contributed by atoms with van der Waals surface area (Å²) in [4.78, 5) is 19.1. The van der Waals surface area contributed by atoms with E-state index in [1.807, 2.05) is 24.3 Å². The number of imidazole rings is 1. The van der Waals surface area contributed by atoms with Crippen LogP contribution in [-0.4, -0.2) is 28.5 Å². The average molecular weight is 260 g/mol. The number of H-pyrrole nitrogens is 1. The number of nitrogens with zero attached hydrogens (tertiary/aromatic N) is 1. The van der Waals surface area contributed by atoms with Crippen molar-refractivity contribution in [1.82, 2.24) is 15.3 Å².